The number of benzene rings is 3. The molecule has 172 valence electrons. The number of para-hydroxylation sites is 1. The summed E-state index contributed by atoms with van der Waals surface area (Å²) in [6.45, 7) is 3.19. The number of aromatic hydroxyl groups is 1. The average Bonchev–Trinajstić information content (AvgIpc) is 3.05. The van der Waals surface area contributed by atoms with Crippen molar-refractivity contribution < 1.29 is 24.3 Å². The van der Waals surface area contributed by atoms with E-state index in [-0.39, 0.29) is 16.9 Å². The lowest BCUT2D eigenvalue weighted by Crippen LogP contribution is -2.44. The molecule has 0 saturated heterocycles. The van der Waals surface area contributed by atoms with Crippen LogP contribution in [0.2, 0.25) is 0 Å². The van der Waals surface area contributed by atoms with Crippen molar-refractivity contribution >= 4 is 29.3 Å². The van der Waals surface area contributed by atoms with Crippen molar-refractivity contribution in [2.24, 2.45) is 0 Å². The summed E-state index contributed by atoms with van der Waals surface area (Å²) >= 11 is 0. The minimum Gasteiger partial charge on any atom is -0.508 e. The molecule has 0 aliphatic carbocycles. The number of amides is 4. The molecule has 3 N–H and O–H groups in total. The monoisotopic (exact) mass is 457 g/mol. The van der Waals surface area contributed by atoms with Gasteiger partial charge in [-0.1, -0.05) is 42.5 Å². The Bertz CT molecular complexity index is 1240. The summed E-state index contributed by atoms with van der Waals surface area (Å²) in [5.74, 6) is -2.29. The van der Waals surface area contributed by atoms with E-state index in [1.54, 1.807) is 12.1 Å². The number of hydrogen-bond acceptors (Lipinski definition) is 5. The van der Waals surface area contributed by atoms with Gasteiger partial charge in [0.2, 0.25) is 5.91 Å². The molecule has 4 rings (SSSR count). The van der Waals surface area contributed by atoms with Crippen molar-refractivity contribution in [1.82, 2.24) is 10.2 Å². The fourth-order valence-electron chi connectivity index (χ4n) is 3.91. The average molecular weight is 457 g/mol. The van der Waals surface area contributed by atoms with Crippen molar-refractivity contribution in [3.8, 4) is 5.75 Å². The molecule has 0 saturated carbocycles. The number of aryl methyl sites for hydroxylation is 2. The minimum atomic E-state index is -1.12. The lowest BCUT2D eigenvalue weighted by Gasteiger charge is -2.22. The predicted octanol–water partition coefficient (Wildman–Crippen LogP) is 3.10. The smallest absolute Gasteiger partial charge is 0.262 e. The first kappa shape index (κ1) is 22.7. The lowest BCUT2D eigenvalue weighted by atomic mass is 10.0. The summed E-state index contributed by atoms with van der Waals surface area (Å²) in [7, 11) is 0. The Morgan fingerprint density at radius 2 is 1.41 bits per heavy atom. The normalized spacial score (nSPS) is 13.4. The van der Waals surface area contributed by atoms with Crippen LogP contribution in [0.25, 0.3) is 0 Å². The Labute approximate surface area is 196 Å². The number of phenolic OH excluding ortho intramolecular Hbond substituents is 1. The molecule has 8 heteroatoms. The van der Waals surface area contributed by atoms with E-state index in [0.29, 0.717) is 11.3 Å². The zero-order valence-electron chi connectivity index (χ0n) is 18.7. The van der Waals surface area contributed by atoms with E-state index in [9.17, 15) is 24.3 Å². The van der Waals surface area contributed by atoms with E-state index >= 15 is 0 Å². The van der Waals surface area contributed by atoms with Crippen LogP contribution in [0.1, 0.15) is 43.4 Å². The van der Waals surface area contributed by atoms with E-state index in [1.807, 2.05) is 32.0 Å². The predicted molar refractivity (Wildman–Crippen MR) is 125 cm³/mol. The molecular formula is C26H23N3O5. The van der Waals surface area contributed by atoms with Gasteiger partial charge in [-0.3, -0.25) is 24.1 Å². The summed E-state index contributed by atoms with van der Waals surface area (Å²) < 4.78 is 0. The first-order valence-corrected chi connectivity index (χ1v) is 10.7. The molecule has 4 amide bonds. The topological polar surface area (TPSA) is 116 Å². The Balaban J connectivity index is 1.56. The molecule has 1 aliphatic heterocycles. The van der Waals surface area contributed by atoms with Crippen LogP contribution >= 0.6 is 0 Å². The van der Waals surface area contributed by atoms with Crippen LogP contribution < -0.4 is 10.6 Å². The molecule has 0 aromatic heterocycles. The third kappa shape index (κ3) is 4.38. The van der Waals surface area contributed by atoms with Crippen molar-refractivity contribution in [3.63, 3.8) is 0 Å². The van der Waals surface area contributed by atoms with Gasteiger partial charge in [-0.25, -0.2) is 0 Å². The molecule has 1 aliphatic rings. The first-order valence-electron chi connectivity index (χ1n) is 10.7. The summed E-state index contributed by atoms with van der Waals surface area (Å²) in [5.41, 5.74) is 3.25. The number of carbonyl (C=O) groups excluding carboxylic acids is 4. The highest BCUT2D eigenvalue weighted by Crippen LogP contribution is 2.25. The van der Waals surface area contributed by atoms with Crippen LogP contribution in [-0.2, 0) is 9.59 Å². The molecule has 0 radical (unpaired) electrons. The van der Waals surface area contributed by atoms with Gasteiger partial charge >= 0.3 is 0 Å². The van der Waals surface area contributed by atoms with Gasteiger partial charge < -0.3 is 15.7 Å². The maximum Gasteiger partial charge on any atom is 0.262 e. The third-order valence-electron chi connectivity index (χ3n) is 5.70. The van der Waals surface area contributed by atoms with Gasteiger partial charge in [-0.05, 0) is 54.8 Å². The fourth-order valence-corrected chi connectivity index (χ4v) is 3.91. The maximum absolute atomic E-state index is 13.2. The van der Waals surface area contributed by atoms with Crippen molar-refractivity contribution in [2.45, 2.75) is 19.9 Å². The second-order valence-corrected chi connectivity index (χ2v) is 8.09. The van der Waals surface area contributed by atoms with Crippen LogP contribution in [0.5, 0.6) is 5.75 Å². The van der Waals surface area contributed by atoms with E-state index in [2.05, 4.69) is 10.6 Å². The largest absolute Gasteiger partial charge is 0.508 e. The highest BCUT2D eigenvalue weighted by molar-refractivity contribution is 6.22. The molecule has 34 heavy (non-hydrogen) atoms. The Morgan fingerprint density at radius 1 is 0.853 bits per heavy atom. The van der Waals surface area contributed by atoms with Crippen LogP contribution in [0, 0.1) is 13.8 Å². The first-order chi connectivity index (χ1) is 16.3. The number of nitrogens with one attached hydrogen (secondary N) is 2. The highest BCUT2D eigenvalue weighted by atomic mass is 16.3. The van der Waals surface area contributed by atoms with E-state index < -0.39 is 36.2 Å². The number of anilines is 1. The van der Waals surface area contributed by atoms with Crippen LogP contribution in [0.15, 0.2) is 66.7 Å². The summed E-state index contributed by atoms with van der Waals surface area (Å²) in [6.07, 6.45) is 0. The van der Waals surface area contributed by atoms with Gasteiger partial charge in [0, 0.05) is 5.69 Å². The molecule has 8 nitrogen and oxygen atoms in total. The van der Waals surface area contributed by atoms with Crippen molar-refractivity contribution in [2.75, 3.05) is 11.9 Å². The van der Waals surface area contributed by atoms with Crippen LogP contribution in [0.3, 0.4) is 0 Å². The van der Waals surface area contributed by atoms with Gasteiger partial charge in [0.25, 0.3) is 17.7 Å². The van der Waals surface area contributed by atoms with Crippen LogP contribution in [-0.4, -0.2) is 40.2 Å². The second-order valence-electron chi connectivity index (χ2n) is 8.09. The molecule has 3 aromatic rings. The highest BCUT2D eigenvalue weighted by Gasteiger charge is 2.37. The van der Waals surface area contributed by atoms with Crippen molar-refractivity contribution in [3.05, 3.63) is 94.5 Å². The number of fused-ring (bicyclic) bond motifs is 1. The molecule has 0 bridgehead atoms. The second kappa shape index (κ2) is 9.19. The Kier molecular flexibility index (Phi) is 6.14. The summed E-state index contributed by atoms with van der Waals surface area (Å²) in [5, 5.41) is 15.1. The number of carbonyl (C=O) groups is 4. The Hall–Kier alpha value is -4.46. The lowest BCUT2D eigenvalue weighted by molar-refractivity contribution is -0.126. The summed E-state index contributed by atoms with van der Waals surface area (Å²) in [4.78, 5) is 52.2. The molecule has 0 fully saturated rings. The van der Waals surface area contributed by atoms with Crippen molar-refractivity contribution in [1.29, 1.82) is 0 Å². The van der Waals surface area contributed by atoms with Gasteiger partial charge in [0.05, 0.1) is 11.1 Å². The number of rotatable bonds is 6. The third-order valence-corrected chi connectivity index (χ3v) is 5.70. The van der Waals surface area contributed by atoms with Crippen LogP contribution in [0.4, 0.5) is 5.69 Å². The van der Waals surface area contributed by atoms with Gasteiger partial charge in [0.15, 0.2) is 0 Å². The van der Waals surface area contributed by atoms with Gasteiger partial charge in [0.1, 0.15) is 18.3 Å². The zero-order chi connectivity index (χ0) is 24.4. The fraction of sp³-hybridized carbons (Fsp3) is 0.154. The maximum atomic E-state index is 13.2. The SMILES string of the molecule is Cc1cccc(C)c1NC(=O)[C@@H](NC(=O)CN1C(=O)c2ccccc2C1=O)c1ccc(O)cc1. The minimum absolute atomic E-state index is 0.00927. The number of nitrogens with zero attached hydrogens (tertiary/aromatic N) is 1. The van der Waals surface area contributed by atoms with Gasteiger partial charge in [-0.15, -0.1) is 0 Å². The quantitative estimate of drug-likeness (QED) is 0.492. The van der Waals surface area contributed by atoms with Gasteiger partial charge in [-0.2, -0.15) is 0 Å². The molecule has 0 unspecified atom stereocenters. The number of phenols is 1. The molecular weight excluding hydrogens is 434 g/mol. The molecule has 3 aromatic carbocycles. The van der Waals surface area contributed by atoms with E-state index in [4.69, 9.17) is 0 Å². The molecule has 0 spiro atoms. The Morgan fingerprint density at radius 3 is 1.97 bits per heavy atom. The number of imide groups is 1. The standard InChI is InChI=1S/C26H23N3O5/c1-15-6-5-7-16(2)22(15)28-24(32)23(17-10-12-18(30)13-11-17)27-21(31)14-29-25(33)19-8-3-4-9-20(19)26(29)34/h3-13,23,30H,14H2,1-2H3,(H,27,31)(H,28,32)/t23-/m0/s1. The summed E-state index contributed by atoms with van der Waals surface area (Å²) in [6, 6.07) is 16.7. The molecule has 1 atom stereocenters. The number of hydrogen-bond donors (Lipinski definition) is 3. The zero-order valence-corrected chi connectivity index (χ0v) is 18.7. The van der Waals surface area contributed by atoms with E-state index in [0.717, 1.165) is 16.0 Å². The van der Waals surface area contributed by atoms with E-state index in [1.165, 1.54) is 36.4 Å². The molecule has 1 heterocycles.